The number of rotatable bonds is 4. The third kappa shape index (κ3) is 5.45. The molecule has 2 aliphatic rings. The topological polar surface area (TPSA) is 41.6 Å². The van der Waals surface area contributed by atoms with Gasteiger partial charge in [-0.25, -0.2) is 4.79 Å². The average molecular weight is 310 g/mol. The molecule has 22 heavy (non-hydrogen) atoms. The maximum Gasteiger partial charge on any atom is 0.410 e. The Morgan fingerprint density at radius 3 is 2.36 bits per heavy atom. The van der Waals surface area contributed by atoms with Crippen LogP contribution in [0.25, 0.3) is 0 Å². The first kappa shape index (κ1) is 17.6. The second kappa shape index (κ2) is 7.20. The number of likely N-dealkylation sites (tertiary alicyclic amines) is 1. The van der Waals surface area contributed by atoms with Crippen LogP contribution in [0.1, 0.15) is 66.2 Å². The first-order valence-electron chi connectivity index (χ1n) is 8.96. The molecule has 1 N–H and O–H groups in total. The van der Waals surface area contributed by atoms with Gasteiger partial charge in [-0.1, -0.05) is 19.8 Å². The quantitative estimate of drug-likeness (QED) is 0.858. The molecule has 0 aromatic carbocycles. The lowest BCUT2D eigenvalue weighted by Crippen LogP contribution is -2.47. The molecule has 1 heterocycles. The summed E-state index contributed by atoms with van der Waals surface area (Å²) in [6.07, 6.45) is 7.58. The fourth-order valence-electron chi connectivity index (χ4n) is 3.52. The van der Waals surface area contributed by atoms with Crippen molar-refractivity contribution in [1.82, 2.24) is 10.2 Å². The molecular weight excluding hydrogens is 276 g/mol. The van der Waals surface area contributed by atoms with Gasteiger partial charge in [0.15, 0.2) is 0 Å². The zero-order valence-corrected chi connectivity index (χ0v) is 14.9. The molecule has 0 atom stereocenters. The summed E-state index contributed by atoms with van der Waals surface area (Å²) in [5.74, 6) is 0.894. The van der Waals surface area contributed by atoms with Crippen LogP contribution in [-0.4, -0.2) is 42.8 Å². The predicted molar refractivity (Wildman–Crippen MR) is 90.0 cm³/mol. The van der Waals surface area contributed by atoms with Crippen LogP contribution in [0.15, 0.2) is 0 Å². The first-order chi connectivity index (χ1) is 10.3. The van der Waals surface area contributed by atoms with Gasteiger partial charge in [0, 0.05) is 19.6 Å². The minimum absolute atomic E-state index is 0.159. The Kier molecular flexibility index (Phi) is 5.76. The first-order valence-corrected chi connectivity index (χ1v) is 8.96. The lowest BCUT2D eigenvalue weighted by atomic mass is 9.80. The van der Waals surface area contributed by atoms with Crippen molar-refractivity contribution in [2.75, 3.05) is 26.2 Å². The molecule has 0 radical (unpaired) electrons. The molecule has 1 aliphatic carbocycles. The van der Waals surface area contributed by atoms with Crippen LogP contribution in [0.5, 0.6) is 0 Å². The molecule has 128 valence electrons. The zero-order chi connectivity index (χ0) is 16.2. The highest BCUT2D eigenvalue weighted by Gasteiger charge is 2.33. The summed E-state index contributed by atoms with van der Waals surface area (Å²) in [5.41, 5.74) is -0.0855. The Balaban J connectivity index is 1.69. The Morgan fingerprint density at radius 2 is 1.82 bits per heavy atom. The Bertz CT molecular complexity index is 362. The molecule has 1 saturated carbocycles. The Labute approximate surface area is 136 Å². The minimum Gasteiger partial charge on any atom is -0.444 e. The van der Waals surface area contributed by atoms with Crippen LogP contribution in [0.4, 0.5) is 4.79 Å². The molecule has 0 unspecified atom stereocenters. The van der Waals surface area contributed by atoms with E-state index in [0.717, 1.165) is 38.4 Å². The maximum atomic E-state index is 12.1. The van der Waals surface area contributed by atoms with E-state index in [1.165, 1.54) is 32.2 Å². The fraction of sp³-hybridized carbons (Fsp3) is 0.944. The van der Waals surface area contributed by atoms with Crippen molar-refractivity contribution in [2.45, 2.75) is 71.8 Å². The number of nitrogens with zero attached hydrogens (tertiary/aromatic N) is 1. The van der Waals surface area contributed by atoms with Gasteiger partial charge in [-0.3, -0.25) is 0 Å². The van der Waals surface area contributed by atoms with Crippen molar-refractivity contribution in [2.24, 2.45) is 11.3 Å². The van der Waals surface area contributed by atoms with Crippen molar-refractivity contribution in [3.63, 3.8) is 0 Å². The van der Waals surface area contributed by atoms with Gasteiger partial charge in [0.1, 0.15) is 5.60 Å². The third-order valence-corrected chi connectivity index (χ3v) is 5.08. The van der Waals surface area contributed by atoms with Crippen LogP contribution < -0.4 is 5.32 Å². The van der Waals surface area contributed by atoms with Crippen molar-refractivity contribution >= 4 is 6.09 Å². The summed E-state index contributed by atoms with van der Waals surface area (Å²) in [4.78, 5) is 14.0. The molecule has 0 bridgehead atoms. The number of ether oxygens (including phenoxy) is 1. The smallest absolute Gasteiger partial charge is 0.410 e. The highest BCUT2D eigenvalue weighted by Crippen LogP contribution is 2.31. The predicted octanol–water partition coefficient (Wildman–Crippen LogP) is 3.80. The van der Waals surface area contributed by atoms with Crippen LogP contribution in [0, 0.1) is 11.3 Å². The van der Waals surface area contributed by atoms with Crippen molar-refractivity contribution in [3.05, 3.63) is 0 Å². The second-order valence-electron chi connectivity index (χ2n) is 8.56. The highest BCUT2D eigenvalue weighted by molar-refractivity contribution is 5.68. The maximum absolute atomic E-state index is 12.1. The third-order valence-electron chi connectivity index (χ3n) is 5.08. The Morgan fingerprint density at radius 1 is 1.23 bits per heavy atom. The minimum atomic E-state index is -0.402. The largest absolute Gasteiger partial charge is 0.444 e. The summed E-state index contributed by atoms with van der Waals surface area (Å²) in [7, 11) is 0. The van der Waals surface area contributed by atoms with E-state index >= 15 is 0 Å². The normalized spacial score (nSPS) is 22.8. The molecular formula is C18H34N2O2. The lowest BCUT2D eigenvalue weighted by molar-refractivity contribution is 0.0119. The SMILES string of the molecule is CC1(CNCC2CCCC2)CCN(C(=O)OC(C)(C)C)CC1. The molecule has 0 spiro atoms. The molecule has 1 amide bonds. The molecule has 2 fully saturated rings. The van der Waals surface area contributed by atoms with Crippen LogP contribution >= 0.6 is 0 Å². The number of amides is 1. The molecule has 1 saturated heterocycles. The summed E-state index contributed by atoms with van der Waals surface area (Å²) in [6, 6.07) is 0. The standard InChI is InChI=1S/C18H34N2O2/c1-17(2,3)22-16(21)20-11-9-18(4,10-12-20)14-19-13-15-7-5-6-8-15/h15,19H,5-14H2,1-4H3. The van der Waals surface area contributed by atoms with Crippen LogP contribution in [0.2, 0.25) is 0 Å². The van der Waals surface area contributed by atoms with Gasteiger partial charge < -0.3 is 15.0 Å². The van der Waals surface area contributed by atoms with Gasteiger partial charge in [0.05, 0.1) is 0 Å². The van der Waals surface area contributed by atoms with Gasteiger partial charge in [-0.2, -0.15) is 0 Å². The van der Waals surface area contributed by atoms with Crippen LogP contribution in [-0.2, 0) is 4.74 Å². The summed E-state index contributed by atoms with van der Waals surface area (Å²) in [5, 5.41) is 3.69. The highest BCUT2D eigenvalue weighted by atomic mass is 16.6. The number of hydrogen-bond acceptors (Lipinski definition) is 3. The summed E-state index contributed by atoms with van der Waals surface area (Å²) >= 11 is 0. The van der Waals surface area contributed by atoms with Crippen molar-refractivity contribution < 1.29 is 9.53 Å². The number of nitrogens with one attached hydrogen (secondary N) is 1. The van der Waals surface area contributed by atoms with E-state index in [9.17, 15) is 4.79 Å². The fourth-order valence-corrected chi connectivity index (χ4v) is 3.52. The molecule has 2 rings (SSSR count). The van der Waals surface area contributed by atoms with Gasteiger partial charge >= 0.3 is 6.09 Å². The molecule has 0 aromatic rings. The zero-order valence-electron chi connectivity index (χ0n) is 14.9. The molecule has 0 aromatic heterocycles. The van der Waals surface area contributed by atoms with E-state index in [-0.39, 0.29) is 6.09 Å². The molecule has 1 aliphatic heterocycles. The second-order valence-corrected chi connectivity index (χ2v) is 8.56. The lowest BCUT2D eigenvalue weighted by Gasteiger charge is -2.40. The van der Waals surface area contributed by atoms with E-state index in [1.54, 1.807) is 0 Å². The average Bonchev–Trinajstić information content (AvgIpc) is 2.90. The van der Waals surface area contributed by atoms with E-state index in [2.05, 4.69) is 12.2 Å². The summed E-state index contributed by atoms with van der Waals surface area (Å²) in [6.45, 7) is 12.0. The van der Waals surface area contributed by atoms with Gasteiger partial charge in [-0.15, -0.1) is 0 Å². The summed E-state index contributed by atoms with van der Waals surface area (Å²) < 4.78 is 5.47. The van der Waals surface area contributed by atoms with Gasteiger partial charge in [0.2, 0.25) is 0 Å². The Hall–Kier alpha value is -0.770. The van der Waals surface area contributed by atoms with Gasteiger partial charge in [-0.05, 0) is 64.3 Å². The van der Waals surface area contributed by atoms with Crippen LogP contribution in [0.3, 0.4) is 0 Å². The van der Waals surface area contributed by atoms with E-state index in [1.807, 2.05) is 25.7 Å². The van der Waals surface area contributed by atoms with E-state index < -0.39 is 5.60 Å². The number of carbonyl (C=O) groups excluding carboxylic acids is 1. The molecule has 4 nitrogen and oxygen atoms in total. The van der Waals surface area contributed by atoms with E-state index in [4.69, 9.17) is 4.74 Å². The van der Waals surface area contributed by atoms with Gasteiger partial charge in [0.25, 0.3) is 0 Å². The number of piperidine rings is 1. The monoisotopic (exact) mass is 310 g/mol. The molecule has 4 heteroatoms. The van der Waals surface area contributed by atoms with E-state index in [0.29, 0.717) is 5.41 Å². The van der Waals surface area contributed by atoms with Crippen molar-refractivity contribution in [1.29, 1.82) is 0 Å². The number of carbonyl (C=O) groups is 1. The number of hydrogen-bond donors (Lipinski definition) is 1. The van der Waals surface area contributed by atoms with Crippen molar-refractivity contribution in [3.8, 4) is 0 Å².